The maximum Gasteiger partial charge on any atom is 0.263 e. The van der Waals surface area contributed by atoms with Crippen LogP contribution in [0.25, 0.3) is 11.1 Å². The highest BCUT2D eigenvalue weighted by atomic mass is 16.5. The Balaban J connectivity index is 1.62. The van der Waals surface area contributed by atoms with E-state index in [0.29, 0.717) is 18.0 Å². The third-order valence-corrected chi connectivity index (χ3v) is 5.25. The van der Waals surface area contributed by atoms with Gasteiger partial charge in [-0.05, 0) is 26.7 Å². The molecule has 2 aliphatic rings. The first-order valence-electron chi connectivity index (χ1n) is 8.07. The number of fused-ring (bicyclic) bond motifs is 1. The number of nitrogens with zero attached hydrogens (tertiary/aromatic N) is 5. The highest BCUT2D eigenvalue weighted by molar-refractivity contribution is 5.88. The number of carbonyl (C=O) groups is 1. The van der Waals surface area contributed by atoms with Crippen LogP contribution in [-0.2, 0) is 4.79 Å². The molecular formula is C16H21N5O2. The fraction of sp³-hybridized carbons (Fsp3) is 0.625. The van der Waals surface area contributed by atoms with Crippen molar-refractivity contribution in [2.45, 2.75) is 33.1 Å². The molecule has 0 unspecified atom stereocenters. The van der Waals surface area contributed by atoms with Gasteiger partial charge >= 0.3 is 0 Å². The van der Waals surface area contributed by atoms with E-state index in [-0.39, 0.29) is 11.3 Å². The fourth-order valence-electron chi connectivity index (χ4n) is 3.93. The quantitative estimate of drug-likeness (QED) is 0.797. The molecule has 2 aliphatic heterocycles. The maximum atomic E-state index is 11.9. The first kappa shape index (κ1) is 14.4. The van der Waals surface area contributed by atoms with Gasteiger partial charge in [0, 0.05) is 38.5 Å². The number of carbonyl (C=O) groups excluding carboxylic acids is 1. The van der Waals surface area contributed by atoms with Crippen LogP contribution < -0.4 is 4.90 Å². The van der Waals surface area contributed by atoms with E-state index in [2.05, 4.69) is 20.0 Å². The van der Waals surface area contributed by atoms with Gasteiger partial charge in [-0.25, -0.2) is 4.98 Å². The van der Waals surface area contributed by atoms with E-state index >= 15 is 0 Å². The summed E-state index contributed by atoms with van der Waals surface area (Å²) < 4.78 is 5.30. The van der Waals surface area contributed by atoms with Gasteiger partial charge in [0.15, 0.2) is 0 Å². The van der Waals surface area contributed by atoms with Crippen LogP contribution in [0.5, 0.6) is 0 Å². The van der Waals surface area contributed by atoms with Gasteiger partial charge in [0.1, 0.15) is 17.0 Å². The molecule has 0 bridgehead atoms. The number of aryl methyl sites for hydroxylation is 2. The molecule has 0 radical (unpaired) electrons. The number of hydrogen-bond donors (Lipinski definition) is 0. The minimum absolute atomic E-state index is 0.146. The number of rotatable bonds is 1. The van der Waals surface area contributed by atoms with Crippen molar-refractivity contribution in [2.24, 2.45) is 5.41 Å². The summed E-state index contributed by atoms with van der Waals surface area (Å²) in [6.45, 7) is 6.47. The van der Waals surface area contributed by atoms with Crippen molar-refractivity contribution in [1.82, 2.24) is 20.0 Å². The molecule has 4 rings (SSSR count). The Hall–Kier alpha value is -2.18. The van der Waals surface area contributed by atoms with E-state index in [0.717, 1.165) is 49.4 Å². The van der Waals surface area contributed by atoms with Gasteiger partial charge < -0.3 is 14.3 Å². The van der Waals surface area contributed by atoms with Crippen molar-refractivity contribution >= 4 is 22.8 Å². The number of amides is 1. The summed E-state index contributed by atoms with van der Waals surface area (Å²) in [6.07, 6.45) is 2.71. The van der Waals surface area contributed by atoms with E-state index in [1.807, 2.05) is 25.8 Å². The minimum Gasteiger partial charge on any atom is -0.356 e. The van der Waals surface area contributed by atoms with Crippen molar-refractivity contribution in [3.8, 4) is 0 Å². The Labute approximate surface area is 134 Å². The normalized spacial score (nSPS) is 20.9. The lowest BCUT2D eigenvalue weighted by atomic mass is 9.77. The van der Waals surface area contributed by atoms with Gasteiger partial charge in [-0.15, -0.1) is 0 Å². The Bertz CT molecular complexity index is 776. The first-order chi connectivity index (χ1) is 11.0. The molecule has 0 aliphatic carbocycles. The average molecular weight is 315 g/mol. The molecule has 23 heavy (non-hydrogen) atoms. The zero-order valence-corrected chi connectivity index (χ0v) is 13.8. The third-order valence-electron chi connectivity index (χ3n) is 5.25. The van der Waals surface area contributed by atoms with E-state index in [1.165, 1.54) is 0 Å². The van der Waals surface area contributed by atoms with Crippen LogP contribution >= 0.6 is 0 Å². The molecule has 122 valence electrons. The monoisotopic (exact) mass is 315 g/mol. The molecular weight excluding hydrogens is 294 g/mol. The second kappa shape index (κ2) is 4.91. The molecule has 2 aromatic rings. The molecule has 0 aromatic carbocycles. The summed E-state index contributed by atoms with van der Waals surface area (Å²) in [5.74, 6) is 1.88. The predicted octanol–water partition coefficient (Wildman–Crippen LogP) is 1.68. The largest absolute Gasteiger partial charge is 0.356 e. The lowest BCUT2D eigenvalue weighted by Gasteiger charge is -2.39. The van der Waals surface area contributed by atoms with E-state index in [1.54, 1.807) is 0 Å². The predicted molar refractivity (Wildman–Crippen MR) is 85.2 cm³/mol. The van der Waals surface area contributed by atoms with E-state index in [9.17, 15) is 4.79 Å². The van der Waals surface area contributed by atoms with Gasteiger partial charge in [-0.3, -0.25) is 4.79 Å². The highest BCUT2D eigenvalue weighted by Crippen LogP contribution is 2.42. The highest BCUT2D eigenvalue weighted by Gasteiger charge is 2.44. The summed E-state index contributed by atoms with van der Waals surface area (Å²) >= 11 is 0. The van der Waals surface area contributed by atoms with Gasteiger partial charge in [0.2, 0.25) is 5.91 Å². The number of anilines is 1. The second-order valence-corrected chi connectivity index (χ2v) is 6.96. The first-order valence-corrected chi connectivity index (χ1v) is 8.07. The van der Waals surface area contributed by atoms with Crippen LogP contribution in [0.3, 0.4) is 0 Å². The molecule has 1 amide bonds. The van der Waals surface area contributed by atoms with Crippen molar-refractivity contribution in [1.29, 1.82) is 0 Å². The summed E-state index contributed by atoms with van der Waals surface area (Å²) in [6, 6.07) is 0. The molecule has 2 aromatic heterocycles. The Morgan fingerprint density at radius 3 is 2.57 bits per heavy atom. The van der Waals surface area contributed by atoms with Crippen molar-refractivity contribution in [2.75, 3.05) is 31.6 Å². The summed E-state index contributed by atoms with van der Waals surface area (Å²) in [4.78, 5) is 25.0. The zero-order valence-electron chi connectivity index (χ0n) is 13.8. The topological polar surface area (TPSA) is 75.4 Å². The smallest absolute Gasteiger partial charge is 0.263 e. The number of aromatic nitrogens is 3. The summed E-state index contributed by atoms with van der Waals surface area (Å²) in [5, 5.41) is 4.94. The third kappa shape index (κ3) is 2.26. The van der Waals surface area contributed by atoms with Crippen LogP contribution in [0.2, 0.25) is 0 Å². The molecule has 7 nitrogen and oxygen atoms in total. The Morgan fingerprint density at radius 2 is 1.91 bits per heavy atom. The standard InChI is InChI=1S/C16H21N5O2/c1-10-13-14(17-11(2)18-15(13)23-19-10)21-6-4-16(5-7-21)8-12(22)20(3)9-16/h4-9H2,1-3H3. The van der Waals surface area contributed by atoms with Crippen molar-refractivity contribution in [3.05, 3.63) is 11.5 Å². The number of piperidine rings is 1. The average Bonchev–Trinajstić information content (AvgIpc) is 3.00. The second-order valence-electron chi connectivity index (χ2n) is 6.96. The molecule has 1 spiro atoms. The van der Waals surface area contributed by atoms with Crippen LogP contribution in [0, 0.1) is 19.3 Å². The molecule has 4 heterocycles. The molecule has 0 atom stereocenters. The van der Waals surface area contributed by atoms with Crippen LogP contribution in [0.1, 0.15) is 30.8 Å². The van der Waals surface area contributed by atoms with Crippen LogP contribution in [0.4, 0.5) is 5.82 Å². The van der Waals surface area contributed by atoms with Crippen LogP contribution in [-0.4, -0.2) is 52.6 Å². The molecule has 2 fully saturated rings. The fourth-order valence-corrected chi connectivity index (χ4v) is 3.93. The van der Waals surface area contributed by atoms with Gasteiger partial charge in [0.25, 0.3) is 5.71 Å². The summed E-state index contributed by atoms with van der Waals surface area (Å²) in [5.41, 5.74) is 1.53. The molecule has 7 heteroatoms. The van der Waals surface area contributed by atoms with Gasteiger partial charge in [-0.1, -0.05) is 5.16 Å². The SMILES string of the molecule is Cc1nc(N2CCC3(CC2)CC(=O)N(C)C3)c2c(C)noc2n1. The Morgan fingerprint density at radius 1 is 1.17 bits per heavy atom. The van der Waals surface area contributed by atoms with Crippen LogP contribution in [0.15, 0.2) is 4.52 Å². The lowest BCUT2D eigenvalue weighted by molar-refractivity contribution is -0.126. The number of hydrogen-bond acceptors (Lipinski definition) is 6. The molecule has 0 N–H and O–H groups in total. The van der Waals surface area contributed by atoms with Gasteiger partial charge in [-0.2, -0.15) is 4.98 Å². The zero-order chi connectivity index (χ0) is 16.2. The molecule has 2 saturated heterocycles. The van der Waals surface area contributed by atoms with Crippen molar-refractivity contribution < 1.29 is 9.32 Å². The number of likely N-dealkylation sites (tertiary alicyclic amines) is 1. The van der Waals surface area contributed by atoms with E-state index in [4.69, 9.17) is 4.52 Å². The minimum atomic E-state index is 0.146. The lowest BCUT2D eigenvalue weighted by Crippen LogP contribution is -2.41. The van der Waals surface area contributed by atoms with E-state index < -0.39 is 0 Å². The maximum absolute atomic E-state index is 11.9. The van der Waals surface area contributed by atoms with Gasteiger partial charge in [0.05, 0.1) is 5.69 Å². The summed E-state index contributed by atoms with van der Waals surface area (Å²) in [7, 11) is 1.90. The molecule has 0 saturated carbocycles. The van der Waals surface area contributed by atoms with Crippen molar-refractivity contribution in [3.63, 3.8) is 0 Å². The Kier molecular flexibility index (Phi) is 3.08.